The Morgan fingerprint density at radius 1 is 1.21 bits per heavy atom. The van der Waals surface area contributed by atoms with Gasteiger partial charge in [-0.1, -0.05) is 32.1 Å². The predicted molar refractivity (Wildman–Crippen MR) is 72.5 cm³/mol. The smallest absolute Gasteiger partial charge is 0.246 e. The minimum Gasteiger partial charge on any atom is -0.343 e. The van der Waals surface area contributed by atoms with Gasteiger partial charge in [0.2, 0.25) is 11.8 Å². The molecule has 1 aliphatic heterocycles. The zero-order chi connectivity index (χ0) is 13.5. The molecule has 0 aromatic heterocycles. The minimum absolute atomic E-state index is 0.0927. The van der Waals surface area contributed by atoms with Crippen molar-refractivity contribution in [1.29, 1.82) is 0 Å². The molecule has 0 radical (unpaired) electrons. The predicted octanol–water partition coefficient (Wildman–Crippen LogP) is 1.84. The number of nitrogens with zero attached hydrogens (tertiary/aromatic N) is 1. The highest BCUT2D eigenvalue weighted by atomic mass is 16.2. The second-order valence-electron chi connectivity index (χ2n) is 6.51. The number of nitrogens with one attached hydrogen (secondary N) is 1. The van der Waals surface area contributed by atoms with Crippen molar-refractivity contribution in [3.05, 3.63) is 0 Å². The first-order chi connectivity index (χ1) is 9.13. The molecule has 1 heterocycles. The molecule has 1 N–H and O–H groups in total. The van der Waals surface area contributed by atoms with Crippen LogP contribution in [0.5, 0.6) is 0 Å². The van der Waals surface area contributed by atoms with Gasteiger partial charge < -0.3 is 10.2 Å². The summed E-state index contributed by atoms with van der Waals surface area (Å²) >= 11 is 0. The molecule has 2 saturated carbocycles. The van der Waals surface area contributed by atoms with Crippen LogP contribution in [-0.2, 0) is 9.59 Å². The standard InChI is InChI=1S/C15H24N2O2/c1-11-13(18)17(10-7-12-5-6-12)15(14(19)16-11)8-3-2-4-9-15/h11-12H,2-10H2,1H3,(H,16,19). The lowest BCUT2D eigenvalue weighted by molar-refractivity contribution is -0.159. The highest BCUT2D eigenvalue weighted by molar-refractivity contribution is 5.99. The van der Waals surface area contributed by atoms with Gasteiger partial charge in [-0.05, 0) is 32.1 Å². The number of carbonyl (C=O) groups excluding carboxylic acids is 2. The molecule has 4 heteroatoms. The number of hydrogen-bond acceptors (Lipinski definition) is 2. The topological polar surface area (TPSA) is 49.4 Å². The summed E-state index contributed by atoms with van der Waals surface area (Å²) in [6.45, 7) is 2.58. The average molecular weight is 264 g/mol. The van der Waals surface area contributed by atoms with Crippen molar-refractivity contribution in [2.75, 3.05) is 6.54 Å². The van der Waals surface area contributed by atoms with Crippen molar-refractivity contribution in [3.63, 3.8) is 0 Å². The first kappa shape index (κ1) is 12.9. The van der Waals surface area contributed by atoms with Gasteiger partial charge >= 0.3 is 0 Å². The maximum absolute atomic E-state index is 12.5. The van der Waals surface area contributed by atoms with Gasteiger partial charge in [0, 0.05) is 6.54 Å². The highest BCUT2D eigenvalue weighted by Gasteiger charge is 2.51. The first-order valence-corrected chi connectivity index (χ1v) is 7.76. The van der Waals surface area contributed by atoms with Crippen LogP contribution >= 0.6 is 0 Å². The maximum atomic E-state index is 12.5. The van der Waals surface area contributed by atoms with E-state index in [4.69, 9.17) is 0 Å². The summed E-state index contributed by atoms with van der Waals surface area (Å²) in [5, 5.41) is 2.89. The van der Waals surface area contributed by atoms with Gasteiger partial charge in [-0.25, -0.2) is 0 Å². The Kier molecular flexibility index (Phi) is 3.27. The SMILES string of the molecule is CC1NC(=O)C2(CCCCC2)N(CCC2CC2)C1=O. The lowest BCUT2D eigenvalue weighted by Gasteiger charge is -2.49. The number of carbonyl (C=O) groups is 2. The van der Waals surface area contributed by atoms with Crippen molar-refractivity contribution in [1.82, 2.24) is 10.2 Å². The lowest BCUT2D eigenvalue weighted by atomic mass is 9.77. The molecule has 1 unspecified atom stereocenters. The third kappa shape index (κ3) is 2.26. The molecule has 0 aromatic carbocycles. The summed E-state index contributed by atoms with van der Waals surface area (Å²) in [5.74, 6) is 1.02. The van der Waals surface area contributed by atoms with Gasteiger partial charge in [-0.15, -0.1) is 0 Å². The van der Waals surface area contributed by atoms with Crippen LogP contribution in [0, 0.1) is 5.92 Å². The lowest BCUT2D eigenvalue weighted by Crippen LogP contribution is -2.70. The van der Waals surface area contributed by atoms with E-state index in [9.17, 15) is 9.59 Å². The second-order valence-corrected chi connectivity index (χ2v) is 6.51. The van der Waals surface area contributed by atoms with Gasteiger partial charge in [-0.2, -0.15) is 0 Å². The number of amides is 2. The van der Waals surface area contributed by atoms with E-state index in [0.29, 0.717) is 0 Å². The molecule has 3 aliphatic rings. The van der Waals surface area contributed by atoms with Crippen LogP contribution in [0.4, 0.5) is 0 Å². The maximum Gasteiger partial charge on any atom is 0.246 e. The van der Waals surface area contributed by atoms with Crippen LogP contribution in [0.25, 0.3) is 0 Å². The average Bonchev–Trinajstić information content (AvgIpc) is 3.22. The van der Waals surface area contributed by atoms with Gasteiger partial charge in [0.1, 0.15) is 11.6 Å². The van der Waals surface area contributed by atoms with Crippen LogP contribution in [-0.4, -0.2) is 34.8 Å². The molecule has 3 fully saturated rings. The third-order valence-electron chi connectivity index (χ3n) is 5.06. The fraction of sp³-hybridized carbons (Fsp3) is 0.867. The van der Waals surface area contributed by atoms with E-state index >= 15 is 0 Å². The largest absolute Gasteiger partial charge is 0.343 e. The van der Waals surface area contributed by atoms with Crippen LogP contribution in [0.2, 0.25) is 0 Å². The van der Waals surface area contributed by atoms with Crippen molar-refractivity contribution in [2.24, 2.45) is 5.92 Å². The van der Waals surface area contributed by atoms with Crippen LogP contribution < -0.4 is 5.32 Å². The van der Waals surface area contributed by atoms with Crippen LogP contribution in [0.1, 0.15) is 58.3 Å². The first-order valence-electron chi connectivity index (χ1n) is 7.76. The molecular weight excluding hydrogens is 240 g/mol. The van der Waals surface area contributed by atoms with Crippen LogP contribution in [0.15, 0.2) is 0 Å². The van der Waals surface area contributed by atoms with Gasteiger partial charge in [0.15, 0.2) is 0 Å². The molecule has 19 heavy (non-hydrogen) atoms. The molecule has 4 nitrogen and oxygen atoms in total. The molecule has 2 amide bonds. The molecule has 2 aliphatic carbocycles. The van der Waals surface area contributed by atoms with Crippen molar-refractivity contribution in [2.45, 2.75) is 69.9 Å². The Morgan fingerprint density at radius 3 is 2.53 bits per heavy atom. The van der Waals surface area contributed by atoms with E-state index in [1.54, 1.807) is 6.92 Å². The zero-order valence-electron chi connectivity index (χ0n) is 11.8. The van der Waals surface area contributed by atoms with E-state index in [1.165, 1.54) is 19.3 Å². The summed E-state index contributed by atoms with van der Waals surface area (Å²) in [6, 6.07) is -0.348. The van der Waals surface area contributed by atoms with E-state index < -0.39 is 5.54 Å². The van der Waals surface area contributed by atoms with E-state index in [0.717, 1.165) is 44.6 Å². The molecule has 1 atom stereocenters. The Bertz CT molecular complexity index is 384. The summed E-state index contributed by atoms with van der Waals surface area (Å²) < 4.78 is 0. The number of rotatable bonds is 3. The minimum atomic E-state index is -0.517. The molecule has 0 aromatic rings. The second kappa shape index (κ2) is 4.80. The van der Waals surface area contributed by atoms with Crippen molar-refractivity contribution in [3.8, 4) is 0 Å². The fourth-order valence-electron chi connectivity index (χ4n) is 3.64. The highest BCUT2D eigenvalue weighted by Crippen LogP contribution is 2.39. The summed E-state index contributed by atoms with van der Waals surface area (Å²) in [5.41, 5.74) is -0.517. The molecule has 1 spiro atoms. The van der Waals surface area contributed by atoms with Crippen LogP contribution in [0.3, 0.4) is 0 Å². The molecule has 0 bridgehead atoms. The van der Waals surface area contributed by atoms with Crippen molar-refractivity contribution < 1.29 is 9.59 Å². The monoisotopic (exact) mass is 264 g/mol. The molecular formula is C15H24N2O2. The molecule has 3 rings (SSSR count). The molecule has 1 saturated heterocycles. The Balaban J connectivity index is 1.82. The summed E-state index contributed by atoms with van der Waals surface area (Å²) in [6.07, 6.45) is 8.70. The Morgan fingerprint density at radius 2 is 1.89 bits per heavy atom. The third-order valence-corrected chi connectivity index (χ3v) is 5.06. The van der Waals surface area contributed by atoms with E-state index in [-0.39, 0.29) is 17.9 Å². The van der Waals surface area contributed by atoms with Gasteiger partial charge in [0.25, 0.3) is 0 Å². The Hall–Kier alpha value is -1.06. The summed E-state index contributed by atoms with van der Waals surface area (Å²) in [7, 11) is 0. The zero-order valence-corrected chi connectivity index (χ0v) is 11.8. The Labute approximate surface area is 114 Å². The fourth-order valence-corrected chi connectivity index (χ4v) is 3.64. The van der Waals surface area contributed by atoms with Gasteiger partial charge in [-0.3, -0.25) is 9.59 Å². The molecule has 106 valence electrons. The number of hydrogen-bond donors (Lipinski definition) is 1. The summed E-state index contributed by atoms with van der Waals surface area (Å²) in [4.78, 5) is 26.9. The van der Waals surface area contributed by atoms with Gasteiger partial charge in [0.05, 0.1) is 0 Å². The van der Waals surface area contributed by atoms with E-state index in [2.05, 4.69) is 5.32 Å². The number of piperazine rings is 1. The quantitative estimate of drug-likeness (QED) is 0.845. The normalized spacial score (nSPS) is 30.6. The van der Waals surface area contributed by atoms with Crippen molar-refractivity contribution >= 4 is 11.8 Å². The van der Waals surface area contributed by atoms with E-state index in [1.807, 2.05) is 4.90 Å².